The van der Waals surface area contributed by atoms with Gasteiger partial charge < -0.3 is 15.4 Å². The van der Waals surface area contributed by atoms with Gasteiger partial charge in [-0.15, -0.1) is 0 Å². The van der Waals surface area contributed by atoms with Crippen LogP contribution in [-0.4, -0.2) is 24.4 Å². The molecule has 0 saturated carbocycles. The smallest absolute Gasteiger partial charge is 0.339 e. The Morgan fingerprint density at radius 1 is 0.852 bits per heavy atom. The highest BCUT2D eigenvalue weighted by Crippen LogP contribution is 2.19. The molecule has 0 spiro atoms. The molecule has 0 aliphatic heterocycles. The Morgan fingerprint density at radius 2 is 1.52 bits per heavy atom. The molecule has 0 heterocycles. The molecule has 0 aromatic heterocycles. The topological polar surface area (TPSA) is 84.5 Å². The van der Waals surface area contributed by atoms with Crippen LogP contribution in [0.3, 0.4) is 0 Å². The van der Waals surface area contributed by atoms with Crippen LogP contribution >= 0.6 is 0 Å². The van der Waals surface area contributed by atoms with Gasteiger partial charge in [0.1, 0.15) is 0 Å². The molecule has 0 aliphatic carbocycles. The molecule has 27 heavy (non-hydrogen) atoms. The zero-order valence-electron chi connectivity index (χ0n) is 14.7. The zero-order chi connectivity index (χ0) is 19.2. The van der Waals surface area contributed by atoms with Crippen molar-refractivity contribution in [1.29, 1.82) is 0 Å². The van der Waals surface area contributed by atoms with Crippen LogP contribution in [0.1, 0.15) is 17.3 Å². The quantitative estimate of drug-likeness (QED) is 0.679. The van der Waals surface area contributed by atoms with E-state index in [1.165, 1.54) is 6.92 Å². The number of ether oxygens (including phenoxy) is 1. The maximum absolute atomic E-state index is 12.3. The van der Waals surface area contributed by atoms with Crippen LogP contribution in [-0.2, 0) is 14.3 Å². The summed E-state index contributed by atoms with van der Waals surface area (Å²) in [5, 5.41) is 6.96. The average Bonchev–Trinajstić information content (AvgIpc) is 2.65. The van der Waals surface area contributed by atoms with Gasteiger partial charge in [0.15, 0.2) is 6.61 Å². The largest absolute Gasteiger partial charge is 0.452 e. The number of carbonyl (C=O) groups excluding carboxylic acids is 3. The fourth-order valence-electron chi connectivity index (χ4n) is 2.69. The van der Waals surface area contributed by atoms with Gasteiger partial charge in [0.25, 0.3) is 5.91 Å². The molecular formula is C21H18N2O4. The van der Waals surface area contributed by atoms with E-state index in [2.05, 4.69) is 10.6 Å². The molecule has 0 bridgehead atoms. The number of benzene rings is 3. The van der Waals surface area contributed by atoms with Crippen LogP contribution in [0.15, 0.2) is 66.7 Å². The van der Waals surface area contributed by atoms with E-state index in [1.54, 1.807) is 36.4 Å². The molecule has 0 unspecified atom stereocenters. The second-order valence-electron chi connectivity index (χ2n) is 5.91. The van der Waals surface area contributed by atoms with Crippen molar-refractivity contribution >= 4 is 39.9 Å². The molecule has 2 amide bonds. The van der Waals surface area contributed by atoms with Gasteiger partial charge in [0, 0.05) is 18.3 Å². The molecule has 2 N–H and O–H groups in total. The first-order chi connectivity index (χ1) is 13.0. The second kappa shape index (κ2) is 8.14. The minimum Gasteiger partial charge on any atom is -0.452 e. The third-order valence-electron chi connectivity index (χ3n) is 3.81. The Bertz CT molecular complexity index is 1010. The van der Waals surface area contributed by atoms with Crippen LogP contribution in [0.4, 0.5) is 11.4 Å². The first-order valence-corrected chi connectivity index (χ1v) is 8.35. The third kappa shape index (κ3) is 4.70. The number of anilines is 2. The van der Waals surface area contributed by atoms with E-state index >= 15 is 0 Å². The van der Waals surface area contributed by atoms with Crippen LogP contribution in [0, 0.1) is 0 Å². The number of rotatable bonds is 5. The van der Waals surface area contributed by atoms with Crippen LogP contribution in [0.25, 0.3) is 10.8 Å². The molecule has 0 aliphatic rings. The van der Waals surface area contributed by atoms with Gasteiger partial charge in [-0.3, -0.25) is 9.59 Å². The minimum absolute atomic E-state index is 0.206. The summed E-state index contributed by atoms with van der Waals surface area (Å²) >= 11 is 0. The molecule has 0 fully saturated rings. The van der Waals surface area contributed by atoms with Crippen molar-refractivity contribution in [2.45, 2.75) is 6.92 Å². The SMILES string of the molecule is CC(=O)Nc1cccc(NC(=O)COC(=O)c2cccc3ccccc23)c1. The van der Waals surface area contributed by atoms with Crippen molar-refractivity contribution in [2.24, 2.45) is 0 Å². The van der Waals surface area contributed by atoms with E-state index in [4.69, 9.17) is 4.74 Å². The fraction of sp³-hybridized carbons (Fsp3) is 0.0952. The van der Waals surface area contributed by atoms with Crippen molar-refractivity contribution in [3.05, 3.63) is 72.3 Å². The number of esters is 1. The highest BCUT2D eigenvalue weighted by molar-refractivity contribution is 6.05. The lowest BCUT2D eigenvalue weighted by Gasteiger charge is -2.09. The molecule has 6 nitrogen and oxygen atoms in total. The molecule has 3 aromatic carbocycles. The molecule has 3 aromatic rings. The number of carbonyl (C=O) groups is 3. The minimum atomic E-state index is -0.561. The standard InChI is InChI=1S/C21H18N2O4/c1-14(24)22-16-8-5-9-17(12-16)23-20(25)13-27-21(26)19-11-4-7-15-6-2-3-10-18(15)19/h2-12H,13H2,1H3,(H,22,24)(H,23,25). The maximum Gasteiger partial charge on any atom is 0.339 e. The molecule has 3 rings (SSSR count). The van der Waals surface area contributed by atoms with E-state index < -0.39 is 18.5 Å². The Labute approximate surface area is 156 Å². The Kier molecular flexibility index (Phi) is 5.47. The lowest BCUT2D eigenvalue weighted by atomic mass is 10.1. The van der Waals surface area contributed by atoms with Crippen molar-refractivity contribution in [1.82, 2.24) is 0 Å². The van der Waals surface area contributed by atoms with E-state index in [0.29, 0.717) is 16.9 Å². The number of hydrogen-bond acceptors (Lipinski definition) is 4. The zero-order valence-corrected chi connectivity index (χ0v) is 14.7. The second-order valence-corrected chi connectivity index (χ2v) is 5.91. The summed E-state index contributed by atoms with van der Waals surface area (Å²) < 4.78 is 5.14. The highest BCUT2D eigenvalue weighted by atomic mass is 16.5. The molecule has 6 heteroatoms. The van der Waals surface area contributed by atoms with Gasteiger partial charge in [-0.05, 0) is 35.0 Å². The summed E-state index contributed by atoms with van der Waals surface area (Å²) in [4.78, 5) is 35.5. The lowest BCUT2D eigenvalue weighted by Crippen LogP contribution is -2.21. The number of amides is 2. The number of hydrogen-bond donors (Lipinski definition) is 2. The van der Waals surface area contributed by atoms with Crippen LogP contribution in [0.5, 0.6) is 0 Å². The van der Waals surface area contributed by atoms with Crippen molar-refractivity contribution in [3.63, 3.8) is 0 Å². The van der Waals surface area contributed by atoms with E-state index in [9.17, 15) is 14.4 Å². The first kappa shape index (κ1) is 18.1. The molecule has 0 saturated heterocycles. The van der Waals surface area contributed by atoms with E-state index in [0.717, 1.165) is 10.8 Å². The van der Waals surface area contributed by atoms with Crippen molar-refractivity contribution in [3.8, 4) is 0 Å². The van der Waals surface area contributed by atoms with Gasteiger partial charge in [0.2, 0.25) is 5.91 Å². The first-order valence-electron chi connectivity index (χ1n) is 8.35. The summed E-state index contributed by atoms with van der Waals surface area (Å²) in [6.07, 6.45) is 0. The van der Waals surface area contributed by atoms with Gasteiger partial charge in [-0.2, -0.15) is 0 Å². The summed E-state index contributed by atoms with van der Waals surface area (Å²) in [5.41, 5.74) is 1.47. The Balaban J connectivity index is 1.62. The highest BCUT2D eigenvalue weighted by Gasteiger charge is 2.13. The predicted octanol–water partition coefficient (Wildman–Crippen LogP) is 3.59. The Morgan fingerprint density at radius 3 is 2.30 bits per heavy atom. The van der Waals surface area contributed by atoms with Gasteiger partial charge >= 0.3 is 5.97 Å². The number of fused-ring (bicyclic) bond motifs is 1. The van der Waals surface area contributed by atoms with E-state index in [-0.39, 0.29) is 5.91 Å². The third-order valence-corrected chi connectivity index (χ3v) is 3.81. The summed E-state index contributed by atoms with van der Waals surface area (Å²) in [7, 11) is 0. The molecular weight excluding hydrogens is 344 g/mol. The van der Waals surface area contributed by atoms with E-state index in [1.807, 2.05) is 30.3 Å². The van der Waals surface area contributed by atoms with Crippen LogP contribution in [0.2, 0.25) is 0 Å². The van der Waals surface area contributed by atoms with Crippen LogP contribution < -0.4 is 10.6 Å². The molecule has 0 radical (unpaired) electrons. The fourth-order valence-corrected chi connectivity index (χ4v) is 2.69. The summed E-state index contributed by atoms with van der Waals surface area (Å²) in [6.45, 7) is 0.990. The van der Waals surface area contributed by atoms with Gasteiger partial charge in [-0.1, -0.05) is 42.5 Å². The predicted molar refractivity (Wildman–Crippen MR) is 104 cm³/mol. The molecule has 136 valence electrons. The van der Waals surface area contributed by atoms with Gasteiger partial charge in [0.05, 0.1) is 5.56 Å². The van der Waals surface area contributed by atoms with Crippen molar-refractivity contribution in [2.75, 3.05) is 17.2 Å². The number of nitrogens with one attached hydrogen (secondary N) is 2. The Hall–Kier alpha value is -3.67. The summed E-state index contributed by atoms with van der Waals surface area (Å²) in [6, 6.07) is 19.5. The monoisotopic (exact) mass is 362 g/mol. The van der Waals surface area contributed by atoms with Crippen molar-refractivity contribution < 1.29 is 19.1 Å². The average molecular weight is 362 g/mol. The normalized spacial score (nSPS) is 10.3. The summed E-state index contributed by atoms with van der Waals surface area (Å²) in [5.74, 6) is -1.24. The maximum atomic E-state index is 12.3. The van der Waals surface area contributed by atoms with Gasteiger partial charge in [-0.25, -0.2) is 4.79 Å². The lowest BCUT2D eigenvalue weighted by molar-refractivity contribution is -0.119. The molecule has 0 atom stereocenters.